The minimum Gasteiger partial charge on any atom is -0.480 e. The summed E-state index contributed by atoms with van der Waals surface area (Å²) < 4.78 is 4.81. The van der Waals surface area contributed by atoms with Crippen molar-refractivity contribution in [2.24, 2.45) is 0 Å². The summed E-state index contributed by atoms with van der Waals surface area (Å²) in [6.45, 7) is -0.458. The molecular formula is C7H7ClN2O4. The predicted molar refractivity (Wildman–Crippen MR) is 48.4 cm³/mol. The van der Waals surface area contributed by atoms with Crippen LogP contribution < -0.4 is 10.6 Å². The SMILES string of the molecule is O=C(O)CNC(=O)Nc1ccc(Cl)o1. The van der Waals surface area contributed by atoms with Crippen molar-refractivity contribution in [2.45, 2.75) is 0 Å². The summed E-state index contributed by atoms with van der Waals surface area (Å²) in [5.41, 5.74) is 0. The van der Waals surface area contributed by atoms with Crippen molar-refractivity contribution in [1.29, 1.82) is 0 Å². The van der Waals surface area contributed by atoms with Gasteiger partial charge in [-0.15, -0.1) is 0 Å². The molecule has 0 radical (unpaired) electrons. The molecule has 1 rings (SSSR count). The number of carboxylic acids is 1. The van der Waals surface area contributed by atoms with Crippen molar-refractivity contribution >= 4 is 29.5 Å². The highest BCUT2D eigenvalue weighted by Crippen LogP contribution is 2.16. The van der Waals surface area contributed by atoms with Gasteiger partial charge in [-0.1, -0.05) is 0 Å². The zero-order valence-electron chi connectivity index (χ0n) is 6.91. The Hall–Kier alpha value is -1.69. The Morgan fingerprint density at radius 1 is 1.50 bits per heavy atom. The molecule has 76 valence electrons. The number of furan rings is 1. The first kappa shape index (κ1) is 10.4. The van der Waals surface area contributed by atoms with E-state index in [1.807, 2.05) is 0 Å². The minimum absolute atomic E-state index is 0.138. The molecule has 0 bridgehead atoms. The van der Waals surface area contributed by atoms with Crippen LogP contribution in [-0.2, 0) is 4.79 Å². The van der Waals surface area contributed by atoms with Gasteiger partial charge in [0.05, 0.1) is 0 Å². The number of anilines is 1. The topological polar surface area (TPSA) is 91.6 Å². The largest absolute Gasteiger partial charge is 0.480 e. The maximum atomic E-state index is 10.9. The molecule has 1 aromatic rings. The summed E-state index contributed by atoms with van der Waals surface area (Å²) in [5.74, 6) is -0.976. The number of hydrogen-bond donors (Lipinski definition) is 3. The van der Waals surface area contributed by atoms with Crippen molar-refractivity contribution in [2.75, 3.05) is 11.9 Å². The van der Waals surface area contributed by atoms with E-state index in [4.69, 9.17) is 21.1 Å². The lowest BCUT2D eigenvalue weighted by Gasteiger charge is -2.01. The van der Waals surface area contributed by atoms with E-state index in [-0.39, 0.29) is 11.1 Å². The standard InChI is InChI=1S/C7H7ClN2O4/c8-4-1-2-5(14-4)10-7(13)9-3-6(11)12/h1-2H,3H2,(H,11,12)(H2,9,10,13). The molecule has 0 fully saturated rings. The number of carboxylic acid groups (broad SMARTS) is 1. The van der Waals surface area contributed by atoms with Gasteiger partial charge in [-0.2, -0.15) is 0 Å². The number of rotatable bonds is 3. The highest BCUT2D eigenvalue weighted by atomic mass is 35.5. The van der Waals surface area contributed by atoms with E-state index in [1.54, 1.807) is 0 Å². The molecule has 0 saturated carbocycles. The zero-order chi connectivity index (χ0) is 10.6. The minimum atomic E-state index is -1.13. The van der Waals surface area contributed by atoms with Gasteiger partial charge < -0.3 is 14.8 Å². The van der Waals surface area contributed by atoms with E-state index in [1.165, 1.54) is 12.1 Å². The maximum Gasteiger partial charge on any atom is 0.323 e. The van der Waals surface area contributed by atoms with Crippen molar-refractivity contribution in [3.63, 3.8) is 0 Å². The number of carbonyl (C=O) groups excluding carboxylic acids is 1. The van der Waals surface area contributed by atoms with Crippen molar-refractivity contribution in [3.05, 3.63) is 17.4 Å². The van der Waals surface area contributed by atoms with Gasteiger partial charge in [-0.3, -0.25) is 10.1 Å². The first-order valence-corrected chi connectivity index (χ1v) is 3.97. The number of urea groups is 1. The smallest absolute Gasteiger partial charge is 0.323 e. The average Bonchev–Trinajstić information content (AvgIpc) is 2.48. The molecule has 0 saturated heterocycles. The number of amides is 2. The molecule has 0 aliphatic heterocycles. The molecule has 0 aliphatic carbocycles. The Balaban J connectivity index is 2.37. The third-order valence-electron chi connectivity index (χ3n) is 1.21. The molecule has 0 aromatic carbocycles. The lowest BCUT2D eigenvalue weighted by Crippen LogP contribution is -2.32. The van der Waals surface area contributed by atoms with Crippen LogP contribution in [0.2, 0.25) is 5.22 Å². The Morgan fingerprint density at radius 2 is 2.21 bits per heavy atom. The zero-order valence-corrected chi connectivity index (χ0v) is 7.67. The molecule has 0 unspecified atom stereocenters. The van der Waals surface area contributed by atoms with Crippen molar-refractivity contribution in [3.8, 4) is 0 Å². The van der Waals surface area contributed by atoms with Gasteiger partial charge in [0.15, 0.2) is 5.22 Å². The van der Waals surface area contributed by atoms with Crippen LogP contribution in [0.1, 0.15) is 0 Å². The third-order valence-corrected chi connectivity index (χ3v) is 1.41. The van der Waals surface area contributed by atoms with Crippen LogP contribution in [0.25, 0.3) is 0 Å². The number of halogens is 1. The Bertz CT molecular complexity index is 349. The normalized spacial score (nSPS) is 9.50. The van der Waals surface area contributed by atoms with Gasteiger partial charge in [0.1, 0.15) is 6.54 Å². The Labute approximate surface area is 83.8 Å². The van der Waals surface area contributed by atoms with Gasteiger partial charge in [0.25, 0.3) is 0 Å². The van der Waals surface area contributed by atoms with E-state index < -0.39 is 18.5 Å². The number of carbonyl (C=O) groups is 2. The molecule has 0 atom stereocenters. The maximum absolute atomic E-state index is 10.9. The molecule has 7 heteroatoms. The van der Waals surface area contributed by atoms with Gasteiger partial charge >= 0.3 is 12.0 Å². The molecule has 1 heterocycles. The van der Waals surface area contributed by atoms with Crippen LogP contribution in [0.3, 0.4) is 0 Å². The first-order chi connectivity index (χ1) is 6.58. The molecule has 2 amide bonds. The van der Waals surface area contributed by atoms with Gasteiger partial charge in [-0.25, -0.2) is 4.79 Å². The Morgan fingerprint density at radius 3 is 2.71 bits per heavy atom. The van der Waals surface area contributed by atoms with Crippen LogP contribution in [0.4, 0.5) is 10.7 Å². The summed E-state index contributed by atoms with van der Waals surface area (Å²) >= 11 is 5.44. The number of nitrogens with one attached hydrogen (secondary N) is 2. The molecule has 0 aliphatic rings. The lowest BCUT2D eigenvalue weighted by atomic mass is 10.6. The lowest BCUT2D eigenvalue weighted by molar-refractivity contribution is -0.135. The number of hydrogen-bond acceptors (Lipinski definition) is 3. The van der Waals surface area contributed by atoms with E-state index >= 15 is 0 Å². The van der Waals surface area contributed by atoms with Crippen molar-refractivity contribution < 1.29 is 19.1 Å². The molecule has 0 spiro atoms. The summed E-state index contributed by atoms with van der Waals surface area (Å²) in [6.07, 6.45) is 0. The second-order valence-electron chi connectivity index (χ2n) is 2.31. The van der Waals surface area contributed by atoms with Crippen LogP contribution >= 0.6 is 11.6 Å². The summed E-state index contributed by atoms with van der Waals surface area (Å²) in [7, 11) is 0. The van der Waals surface area contributed by atoms with Crippen LogP contribution in [0.5, 0.6) is 0 Å². The van der Waals surface area contributed by atoms with E-state index in [0.29, 0.717) is 0 Å². The van der Waals surface area contributed by atoms with E-state index in [9.17, 15) is 9.59 Å². The van der Waals surface area contributed by atoms with Crippen LogP contribution in [0.15, 0.2) is 16.5 Å². The van der Waals surface area contributed by atoms with Crippen LogP contribution in [-0.4, -0.2) is 23.7 Å². The summed E-state index contributed by atoms with van der Waals surface area (Å²) in [5, 5.41) is 12.7. The second kappa shape index (κ2) is 4.52. The first-order valence-electron chi connectivity index (χ1n) is 3.60. The molecule has 3 N–H and O–H groups in total. The average molecular weight is 219 g/mol. The van der Waals surface area contributed by atoms with Crippen LogP contribution in [0, 0.1) is 0 Å². The van der Waals surface area contributed by atoms with Gasteiger partial charge in [0, 0.05) is 6.07 Å². The van der Waals surface area contributed by atoms with Gasteiger partial charge in [0.2, 0.25) is 5.88 Å². The molecule has 1 aromatic heterocycles. The fourth-order valence-corrected chi connectivity index (χ4v) is 0.840. The fraction of sp³-hybridized carbons (Fsp3) is 0.143. The van der Waals surface area contributed by atoms with Crippen molar-refractivity contribution in [1.82, 2.24) is 5.32 Å². The van der Waals surface area contributed by atoms with E-state index in [0.717, 1.165) is 0 Å². The number of aliphatic carboxylic acids is 1. The third kappa shape index (κ3) is 3.36. The molecule has 14 heavy (non-hydrogen) atoms. The summed E-state index contributed by atoms with van der Waals surface area (Å²) in [6, 6.07) is 2.23. The molecular weight excluding hydrogens is 212 g/mol. The Kier molecular flexibility index (Phi) is 3.35. The fourth-order valence-electron chi connectivity index (χ4n) is 0.693. The highest BCUT2D eigenvalue weighted by molar-refractivity contribution is 6.29. The van der Waals surface area contributed by atoms with E-state index in [2.05, 4.69) is 10.6 Å². The second-order valence-corrected chi connectivity index (χ2v) is 2.68. The van der Waals surface area contributed by atoms with Gasteiger partial charge in [-0.05, 0) is 17.7 Å². The summed E-state index contributed by atoms with van der Waals surface area (Å²) in [4.78, 5) is 21.0. The monoisotopic (exact) mass is 218 g/mol. The quantitative estimate of drug-likeness (QED) is 0.709. The molecule has 6 nitrogen and oxygen atoms in total. The predicted octanol–water partition coefficient (Wildman–Crippen LogP) is 1.14. The highest BCUT2D eigenvalue weighted by Gasteiger charge is 2.06.